The molecule has 37 heavy (non-hydrogen) atoms. The molecular weight excluding hydrogens is 464 g/mol. The molecular formula is C29H32N6O2. The summed E-state index contributed by atoms with van der Waals surface area (Å²) in [5.74, 6) is 3.90. The summed E-state index contributed by atoms with van der Waals surface area (Å²) in [6, 6.07) is 14.8. The number of nitrogens with two attached hydrogens (primary N) is 1. The molecule has 3 N–H and O–H groups in total. The lowest BCUT2D eigenvalue weighted by Crippen LogP contribution is -2.41. The molecule has 1 fully saturated rings. The monoisotopic (exact) mass is 496 g/mol. The number of aromatic amines is 1. The third-order valence-electron chi connectivity index (χ3n) is 7.69. The van der Waals surface area contributed by atoms with Gasteiger partial charge in [0.05, 0.1) is 23.9 Å². The van der Waals surface area contributed by atoms with Crippen LogP contribution < -0.4 is 15.2 Å². The van der Waals surface area contributed by atoms with Crippen molar-refractivity contribution in [1.29, 1.82) is 0 Å². The number of ether oxygens (including phenoxy) is 2. The summed E-state index contributed by atoms with van der Waals surface area (Å²) in [6.07, 6.45) is 7.19. The van der Waals surface area contributed by atoms with Crippen LogP contribution in [0.1, 0.15) is 62.4 Å². The number of nitrogens with zero attached hydrogens (tertiary/aromatic N) is 4. The topological polar surface area (TPSA) is 111 Å². The summed E-state index contributed by atoms with van der Waals surface area (Å²) in [4.78, 5) is 21.4. The Balaban J connectivity index is 1.12. The number of hydrogen-bond acceptors (Lipinski definition) is 7. The maximum absolute atomic E-state index is 6.13. The average molecular weight is 497 g/mol. The van der Waals surface area contributed by atoms with E-state index in [1.807, 2.05) is 32.0 Å². The third-order valence-corrected chi connectivity index (χ3v) is 7.69. The van der Waals surface area contributed by atoms with Gasteiger partial charge in [0.1, 0.15) is 23.5 Å². The molecule has 0 bridgehead atoms. The van der Waals surface area contributed by atoms with Crippen LogP contribution in [0.2, 0.25) is 0 Å². The van der Waals surface area contributed by atoms with Gasteiger partial charge in [-0.3, -0.25) is 0 Å². The van der Waals surface area contributed by atoms with Crippen LogP contribution in [0.25, 0.3) is 11.0 Å². The average Bonchev–Trinajstić information content (AvgIpc) is 3.30. The number of hydrogen-bond donors (Lipinski definition) is 2. The maximum atomic E-state index is 6.13. The number of fused-ring (bicyclic) bond motifs is 2. The van der Waals surface area contributed by atoms with E-state index in [1.54, 1.807) is 7.11 Å². The highest BCUT2D eigenvalue weighted by molar-refractivity contribution is 6.09. The predicted octanol–water partition coefficient (Wildman–Crippen LogP) is 5.75. The minimum absolute atomic E-state index is 0.328. The predicted molar refractivity (Wildman–Crippen MR) is 145 cm³/mol. The molecule has 0 unspecified atom stereocenters. The van der Waals surface area contributed by atoms with Crippen molar-refractivity contribution in [3.05, 3.63) is 65.7 Å². The summed E-state index contributed by atoms with van der Waals surface area (Å²) in [5, 5.41) is 0. The minimum Gasteiger partial charge on any atom is -0.497 e. The molecule has 1 aliphatic heterocycles. The van der Waals surface area contributed by atoms with E-state index in [2.05, 4.69) is 39.2 Å². The van der Waals surface area contributed by atoms with Crippen LogP contribution in [0.15, 0.2) is 53.8 Å². The number of methoxy groups -OCH3 is 1. The zero-order chi connectivity index (χ0) is 25.6. The van der Waals surface area contributed by atoms with Gasteiger partial charge in [0.2, 0.25) is 5.88 Å². The van der Waals surface area contributed by atoms with Crippen molar-refractivity contribution in [3.63, 3.8) is 0 Å². The fraction of sp³-hybridized carbons (Fsp3) is 0.379. The Morgan fingerprint density at radius 2 is 1.84 bits per heavy atom. The largest absolute Gasteiger partial charge is 0.497 e. The van der Waals surface area contributed by atoms with E-state index >= 15 is 0 Å². The number of rotatable bonds is 5. The van der Waals surface area contributed by atoms with Crippen LogP contribution in [0, 0.1) is 5.92 Å². The zero-order valence-electron chi connectivity index (χ0n) is 21.5. The van der Waals surface area contributed by atoms with Crippen LogP contribution in [0.5, 0.6) is 11.6 Å². The van der Waals surface area contributed by atoms with Crippen molar-refractivity contribution in [1.82, 2.24) is 19.9 Å². The zero-order valence-corrected chi connectivity index (χ0v) is 21.5. The number of imidazole rings is 1. The summed E-state index contributed by atoms with van der Waals surface area (Å²) in [6.45, 7) is 4.00. The number of nitrogens with one attached hydrogen (secondary N) is 1. The first-order valence-corrected chi connectivity index (χ1v) is 12.9. The van der Waals surface area contributed by atoms with Crippen molar-refractivity contribution >= 4 is 28.3 Å². The minimum atomic E-state index is -0.616. The van der Waals surface area contributed by atoms with Crippen molar-refractivity contribution in [2.75, 3.05) is 12.8 Å². The molecule has 0 spiro atoms. The first kappa shape index (κ1) is 23.5. The van der Waals surface area contributed by atoms with Crippen LogP contribution in [0.3, 0.4) is 0 Å². The van der Waals surface area contributed by atoms with Gasteiger partial charge in [-0.25, -0.2) is 15.0 Å². The Morgan fingerprint density at radius 1 is 1.05 bits per heavy atom. The number of aromatic nitrogens is 4. The fourth-order valence-electron chi connectivity index (χ4n) is 5.65. The number of aliphatic imine (C=N–C) groups is 1. The number of anilines is 1. The molecule has 2 aromatic heterocycles. The normalized spacial score (nSPS) is 20.7. The van der Waals surface area contributed by atoms with Crippen molar-refractivity contribution < 1.29 is 9.47 Å². The van der Waals surface area contributed by atoms with Gasteiger partial charge in [-0.2, -0.15) is 4.98 Å². The highest BCUT2D eigenvalue weighted by Crippen LogP contribution is 2.40. The first-order chi connectivity index (χ1) is 17.9. The SMILES string of the molecule is COc1ccc2[nH]c(C[C@H]3CC[C@H](c4ccc(C5=Nc6c(N)ncnc6OC5(C)C)cc4)CC3)nc2c1. The highest BCUT2D eigenvalue weighted by Gasteiger charge is 2.35. The number of nitrogen functional groups attached to an aromatic ring is 1. The molecule has 1 aliphatic carbocycles. The van der Waals surface area contributed by atoms with E-state index in [-0.39, 0.29) is 0 Å². The Kier molecular flexibility index (Phi) is 5.82. The van der Waals surface area contributed by atoms with E-state index in [4.69, 9.17) is 25.2 Å². The van der Waals surface area contributed by atoms with E-state index in [1.165, 1.54) is 37.6 Å². The number of H-pyrrole nitrogens is 1. The van der Waals surface area contributed by atoms with E-state index in [9.17, 15) is 0 Å². The lowest BCUT2D eigenvalue weighted by Gasteiger charge is -2.32. The maximum Gasteiger partial charge on any atom is 0.246 e. The molecule has 0 atom stereocenters. The lowest BCUT2D eigenvalue weighted by atomic mass is 9.77. The Morgan fingerprint density at radius 3 is 2.59 bits per heavy atom. The number of benzene rings is 2. The van der Waals surface area contributed by atoms with Crippen molar-refractivity contribution in [2.45, 2.75) is 57.5 Å². The Bertz CT molecular complexity index is 1470. The molecule has 1 saturated carbocycles. The molecule has 0 amide bonds. The molecule has 190 valence electrons. The second kappa shape index (κ2) is 9.18. The molecule has 0 saturated heterocycles. The smallest absolute Gasteiger partial charge is 0.246 e. The summed E-state index contributed by atoms with van der Waals surface area (Å²) < 4.78 is 11.5. The summed E-state index contributed by atoms with van der Waals surface area (Å²) in [5.41, 5.74) is 11.2. The molecule has 8 nitrogen and oxygen atoms in total. The van der Waals surface area contributed by atoms with Gasteiger partial charge in [-0.15, -0.1) is 0 Å². The van der Waals surface area contributed by atoms with Gasteiger partial charge >= 0.3 is 0 Å². The van der Waals surface area contributed by atoms with E-state index in [0.29, 0.717) is 29.2 Å². The summed E-state index contributed by atoms with van der Waals surface area (Å²) in [7, 11) is 1.69. The van der Waals surface area contributed by atoms with Gasteiger partial charge in [-0.05, 0) is 69.1 Å². The molecule has 2 aliphatic rings. The van der Waals surface area contributed by atoms with Crippen molar-refractivity contribution in [3.8, 4) is 11.6 Å². The molecule has 6 rings (SSSR count). The van der Waals surface area contributed by atoms with Crippen LogP contribution in [-0.2, 0) is 6.42 Å². The first-order valence-electron chi connectivity index (χ1n) is 12.9. The standard InChI is InChI=1S/C29H32N6O2/c1-29(2)26(35-25-27(30)31-16-32-28(25)37-29)20-10-8-19(9-11-20)18-6-4-17(5-7-18)14-24-33-22-13-12-21(36-3)15-23(22)34-24/h8-13,15-18H,4-7,14H2,1-3H3,(H,33,34)(H2,30,31,32)/t17-,18-. The Hall–Kier alpha value is -3.94. The van der Waals surface area contributed by atoms with Crippen LogP contribution in [0.4, 0.5) is 11.5 Å². The molecule has 8 heteroatoms. The van der Waals surface area contributed by atoms with Crippen molar-refractivity contribution in [2.24, 2.45) is 10.9 Å². The Labute approximate surface area is 216 Å². The van der Waals surface area contributed by atoms with E-state index in [0.717, 1.165) is 40.3 Å². The molecule has 3 heterocycles. The van der Waals surface area contributed by atoms with Gasteiger partial charge in [-0.1, -0.05) is 24.3 Å². The van der Waals surface area contributed by atoms with Gasteiger partial charge in [0.25, 0.3) is 0 Å². The second-order valence-corrected chi connectivity index (χ2v) is 10.6. The van der Waals surface area contributed by atoms with Crippen LogP contribution in [-0.4, -0.2) is 38.4 Å². The molecule has 4 aromatic rings. The molecule has 2 aromatic carbocycles. The van der Waals surface area contributed by atoms with Gasteiger partial charge in [0, 0.05) is 18.1 Å². The van der Waals surface area contributed by atoms with E-state index < -0.39 is 5.60 Å². The second-order valence-electron chi connectivity index (χ2n) is 10.6. The third kappa shape index (κ3) is 4.52. The lowest BCUT2D eigenvalue weighted by molar-refractivity contribution is 0.171. The quantitative estimate of drug-likeness (QED) is 0.364. The summed E-state index contributed by atoms with van der Waals surface area (Å²) >= 11 is 0. The van der Waals surface area contributed by atoms with Crippen LogP contribution >= 0.6 is 0 Å². The highest BCUT2D eigenvalue weighted by atomic mass is 16.5. The van der Waals surface area contributed by atoms with Gasteiger partial charge < -0.3 is 20.2 Å². The van der Waals surface area contributed by atoms with Gasteiger partial charge in [0.15, 0.2) is 11.5 Å². The molecule has 0 radical (unpaired) electrons. The fourth-order valence-corrected chi connectivity index (χ4v) is 5.65.